The second-order valence-corrected chi connectivity index (χ2v) is 4.68. The van der Waals surface area contributed by atoms with Gasteiger partial charge in [0.15, 0.2) is 0 Å². The van der Waals surface area contributed by atoms with Crippen LogP contribution in [0.4, 0.5) is 0 Å². The molecule has 1 heterocycles. The van der Waals surface area contributed by atoms with Crippen LogP contribution in [-0.4, -0.2) is 14.2 Å². The maximum Gasteiger partial charge on any atom is 0.134 e. The molecule has 0 fully saturated rings. The summed E-state index contributed by atoms with van der Waals surface area (Å²) in [5.41, 5.74) is 2.02. The summed E-state index contributed by atoms with van der Waals surface area (Å²) in [5, 5.41) is 4.41. The van der Waals surface area contributed by atoms with Crippen molar-refractivity contribution < 1.29 is 9.15 Å². The summed E-state index contributed by atoms with van der Waals surface area (Å²) in [5.74, 6) is 1.75. The number of rotatable bonds is 4. The van der Waals surface area contributed by atoms with Crippen LogP contribution in [0, 0.1) is 0 Å². The van der Waals surface area contributed by atoms with Gasteiger partial charge < -0.3 is 14.5 Å². The average Bonchev–Trinajstić information content (AvgIpc) is 2.91. The van der Waals surface area contributed by atoms with Crippen LogP contribution in [0.1, 0.15) is 17.4 Å². The Hall–Kier alpha value is -2.26. The summed E-state index contributed by atoms with van der Waals surface area (Å²) in [6.07, 6.45) is 0. The third-order valence-electron chi connectivity index (χ3n) is 3.44. The number of nitrogens with one attached hydrogen (secondary N) is 1. The first-order chi connectivity index (χ1) is 9.81. The highest BCUT2D eigenvalue weighted by Gasteiger charge is 2.17. The fraction of sp³-hybridized carbons (Fsp3) is 0.176. The number of benzene rings is 2. The molecule has 0 amide bonds. The van der Waals surface area contributed by atoms with Gasteiger partial charge in [-0.1, -0.05) is 30.3 Å². The van der Waals surface area contributed by atoms with Gasteiger partial charge in [-0.15, -0.1) is 0 Å². The molecule has 1 atom stereocenters. The zero-order valence-electron chi connectivity index (χ0n) is 11.6. The van der Waals surface area contributed by atoms with Crippen LogP contribution in [0.2, 0.25) is 0 Å². The first-order valence-electron chi connectivity index (χ1n) is 6.61. The van der Waals surface area contributed by atoms with Gasteiger partial charge in [-0.05, 0) is 36.9 Å². The van der Waals surface area contributed by atoms with Gasteiger partial charge in [0, 0.05) is 5.39 Å². The van der Waals surface area contributed by atoms with Crippen molar-refractivity contribution in [3.63, 3.8) is 0 Å². The van der Waals surface area contributed by atoms with Gasteiger partial charge in [0.25, 0.3) is 0 Å². The number of ether oxygens (including phenoxy) is 1. The minimum Gasteiger partial charge on any atom is -0.497 e. The van der Waals surface area contributed by atoms with E-state index in [0.717, 1.165) is 28.0 Å². The lowest BCUT2D eigenvalue weighted by atomic mass is 10.0. The minimum atomic E-state index is 0.0116. The van der Waals surface area contributed by atoms with Crippen LogP contribution in [0.5, 0.6) is 5.75 Å². The van der Waals surface area contributed by atoms with E-state index in [0.29, 0.717) is 0 Å². The summed E-state index contributed by atoms with van der Waals surface area (Å²) in [6, 6.07) is 18.1. The van der Waals surface area contributed by atoms with E-state index in [4.69, 9.17) is 9.15 Å². The van der Waals surface area contributed by atoms with Crippen LogP contribution < -0.4 is 10.1 Å². The smallest absolute Gasteiger partial charge is 0.134 e. The Morgan fingerprint density at radius 1 is 1.05 bits per heavy atom. The number of hydrogen-bond acceptors (Lipinski definition) is 3. The van der Waals surface area contributed by atoms with Gasteiger partial charge in [0.05, 0.1) is 13.2 Å². The standard InChI is InChI=1S/C17H17NO2/c1-18-17(13-7-5-8-14(10-13)19-2)16-11-12-6-3-4-9-15(12)20-16/h3-11,17-18H,1-2H3. The molecule has 3 aromatic rings. The highest BCUT2D eigenvalue weighted by atomic mass is 16.5. The Bertz CT molecular complexity index is 685. The van der Waals surface area contributed by atoms with Gasteiger partial charge in [0.2, 0.25) is 0 Å². The zero-order valence-corrected chi connectivity index (χ0v) is 11.6. The second-order valence-electron chi connectivity index (χ2n) is 4.68. The number of fused-ring (bicyclic) bond motifs is 1. The molecule has 102 valence electrons. The summed E-state index contributed by atoms with van der Waals surface area (Å²) in [4.78, 5) is 0. The molecule has 0 aliphatic rings. The van der Waals surface area contributed by atoms with E-state index in [2.05, 4.69) is 23.5 Å². The molecule has 0 saturated heterocycles. The Labute approximate surface area is 118 Å². The van der Waals surface area contributed by atoms with E-state index in [1.165, 1.54) is 0 Å². The second kappa shape index (κ2) is 5.39. The Balaban J connectivity index is 2.03. The Kier molecular flexibility index (Phi) is 3.44. The quantitative estimate of drug-likeness (QED) is 0.781. The fourth-order valence-electron chi connectivity index (χ4n) is 2.44. The number of furan rings is 1. The molecule has 3 rings (SSSR count). The van der Waals surface area contributed by atoms with Gasteiger partial charge in [-0.3, -0.25) is 0 Å². The van der Waals surface area contributed by atoms with E-state index in [-0.39, 0.29) is 6.04 Å². The third-order valence-corrected chi connectivity index (χ3v) is 3.44. The van der Waals surface area contributed by atoms with Crippen molar-refractivity contribution in [2.24, 2.45) is 0 Å². The summed E-state index contributed by atoms with van der Waals surface area (Å²) in [7, 11) is 3.60. The van der Waals surface area contributed by atoms with Crippen molar-refractivity contribution in [3.05, 3.63) is 65.9 Å². The molecule has 0 bridgehead atoms. The summed E-state index contributed by atoms with van der Waals surface area (Å²) >= 11 is 0. The lowest BCUT2D eigenvalue weighted by molar-refractivity contribution is 0.413. The Morgan fingerprint density at radius 2 is 1.90 bits per heavy atom. The van der Waals surface area contributed by atoms with Crippen molar-refractivity contribution >= 4 is 11.0 Å². The van der Waals surface area contributed by atoms with Crippen molar-refractivity contribution in [2.75, 3.05) is 14.2 Å². The fourth-order valence-corrected chi connectivity index (χ4v) is 2.44. The lowest BCUT2D eigenvalue weighted by Gasteiger charge is -2.14. The molecule has 0 saturated carbocycles. The topological polar surface area (TPSA) is 34.4 Å². The molecule has 2 aromatic carbocycles. The largest absolute Gasteiger partial charge is 0.497 e. The maximum atomic E-state index is 5.95. The van der Waals surface area contributed by atoms with E-state index in [1.807, 2.05) is 43.4 Å². The van der Waals surface area contributed by atoms with Crippen molar-refractivity contribution in [2.45, 2.75) is 6.04 Å². The number of hydrogen-bond donors (Lipinski definition) is 1. The van der Waals surface area contributed by atoms with Crippen LogP contribution in [0.3, 0.4) is 0 Å². The van der Waals surface area contributed by atoms with Crippen molar-refractivity contribution in [1.82, 2.24) is 5.32 Å². The summed E-state index contributed by atoms with van der Waals surface area (Å²) < 4.78 is 11.2. The Morgan fingerprint density at radius 3 is 2.65 bits per heavy atom. The highest BCUT2D eigenvalue weighted by Crippen LogP contribution is 2.29. The molecule has 3 heteroatoms. The molecule has 3 nitrogen and oxygen atoms in total. The van der Waals surface area contributed by atoms with Crippen LogP contribution in [0.15, 0.2) is 59.0 Å². The monoisotopic (exact) mass is 267 g/mol. The first kappa shape index (κ1) is 12.8. The van der Waals surface area contributed by atoms with E-state index in [9.17, 15) is 0 Å². The van der Waals surface area contributed by atoms with E-state index in [1.54, 1.807) is 7.11 Å². The maximum absolute atomic E-state index is 5.95. The molecular formula is C17H17NO2. The van der Waals surface area contributed by atoms with Gasteiger partial charge in [-0.2, -0.15) is 0 Å². The third kappa shape index (κ3) is 2.28. The molecule has 1 unspecified atom stereocenters. The molecular weight excluding hydrogens is 250 g/mol. The highest BCUT2D eigenvalue weighted by molar-refractivity contribution is 5.78. The van der Waals surface area contributed by atoms with Crippen LogP contribution in [0.25, 0.3) is 11.0 Å². The first-order valence-corrected chi connectivity index (χ1v) is 6.61. The molecule has 0 spiro atoms. The summed E-state index contributed by atoms with van der Waals surface area (Å²) in [6.45, 7) is 0. The molecule has 20 heavy (non-hydrogen) atoms. The predicted octanol–water partition coefficient (Wildman–Crippen LogP) is 3.75. The zero-order chi connectivity index (χ0) is 13.9. The molecule has 1 N–H and O–H groups in total. The SMILES string of the molecule is CNC(c1cccc(OC)c1)c1cc2ccccc2o1. The van der Waals surface area contributed by atoms with Gasteiger partial charge in [-0.25, -0.2) is 0 Å². The van der Waals surface area contributed by atoms with Gasteiger partial charge in [0.1, 0.15) is 17.1 Å². The molecule has 1 aromatic heterocycles. The van der Waals surface area contributed by atoms with Crippen molar-refractivity contribution in [1.29, 1.82) is 0 Å². The van der Waals surface area contributed by atoms with Crippen LogP contribution >= 0.6 is 0 Å². The number of para-hydroxylation sites is 1. The number of methoxy groups -OCH3 is 1. The molecule has 0 aliphatic heterocycles. The molecule has 0 aliphatic carbocycles. The van der Waals surface area contributed by atoms with Crippen molar-refractivity contribution in [3.8, 4) is 5.75 Å². The van der Waals surface area contributed by atoms with E-state index < -0.39 is 0 Å². The van der Waals surface area contributed by atoms with Crippen LogP contribution in [-0.2, 0) is 0 Å². The lowest BCUT2D eigenvalue weighted by Crippen LogP contribution is -2.16. The van der Waals surface area contributed by atoms with Gasteiger partial charge >= 0.3 is 0 Å². The predicted molar refractivity (Wildman–Crippen MR) is 80.1 cm³/mol. The normalized spacial score (nSPS) is 12.5. The molecule has 0 radical (unpaired) electrons. The minimum absolute atomic E-state index is 0.0116. The average molecular weight is 267 g/mol. The van der Waals surface area contributed by atoms with E-state index >= 15 is 0 Å².